The molecule has 118 valence electrons. The summed E-state index contributed by atoms with van der Waals surface area (Å²) in [5.41, 5.74) is 6.19. The van der Waals surface area contributed by atoms with Crippen molar-refractivity contribution in [3.63, 3.8) is 0 Å². The van der Waals surface area contributed by atoms with E-state index in [1.807, 2.05) is 0 Å². The van der Waals surface area contributed by atoms with Crippen LogP contribution < -0.4 is 0 Å². The third-order valence-electron chi connectivity index (χ3n) is 3.97. The minimum atomic E-state index is 0. The summed E-state index contributed by atoms with van der Waals surface area (Å²) in [6.45, 7) is 18.0. The molecular weight excluding hydrogens is 504 g/mol. The molecule has 5 heteroatoms. The Bertz CT molecular complexity index is 433. The first kappa shape index (κ1) is 27.4. The van der Waals surface area contributed by atoms with E-state index in [1.165, 1.54) is 0 Å². The normalized spacial score (nSPS) is 17.9. The first-order valence-corrected chi connectivity index (χ1v) is 10.1. The van der Waals surface area contributed by atoms with Crippen LogP contribution in [0.2, 0.25) is 0 Å². The van der Waals surface area contributed by atoms with Crippen molar-refractivity contribution in [2.75, 3.05) is 0 Å². The zero-order valence-electron chi connectivity index (χ0n) is 14.2. The maximum Gasteiger partial charge on any atom is 2.00 e. The molecule has 0 aliphatic carbocycles. The molecule has 0 aromatic carbocycles. The van der Waals surface area contributed by atoms with Crippen LogP contribution in [0.25, 0.3) is 0 Å². The Morgan fingerprint density at radius 2 is 0.857 bits per heavy atom. The summed E-state index contributed by atoms with van der Waals surface area (Å²) >= 11 is 0.860. The van der Waals surface area contributed by atoms with E-state index < -0.39 is 0 Å². The number of hydrogen-bond donors (Lipinski definition) is 0. The van der Waals surface area contributed by atoms with E-state index in [0.29, 0.717) is 30.6 Å². The van der Waals surface area contributed by atoms with Gasteiger partial charge < -0.3 is 0 Å². The van der Waals surface area contributed by atoms with Gasteiger partial charge in [-0.05, 0) is 0 Å². The second-order valence-corrected chi connectivity index (χ2v) is 11.6. The second kappa shape index (κ2) is 12.0. The van der Waals surface area contributed by atoms with Crippen LogP contribution >= 0.6 is 24.8 Å². The Balaban J connectivity index is -0.000000270. The molecule has 0 N–H and O–H groups in total. The van der Waals surface area contributed by atoms with Crippen LogP contribution in [0.1, 0.15) is 55.4 Å². The average molecular weight is 530 g/mol. The van der Waals surface area contributed by atoms with Gasteiger partial charge in [0.2, 0.25) is 0 Å². The standard InChI is InChI=1S/2C8H12As.2ClH.Zr/c2*1-5-6(2)8(4)9-7(5)3;;;/h2*1-4H3;2*1H;/q2*-1;;;+2. The van der Waals surface area contributed by atoms with Crippen LogP contribution in [-0.2, 0) is 26.2 Å². The zero-order valence-corrected chi connectivity index (χ0v) is 22.1. The van der Waals surface area contributed by atoms with Gasteiger partial charge in [0.05, 0.1) is 0 Å². The van der Waals surface area contributed by atoms with Crippen molar-refractivity contribution in [1.82, 2.24) is 0 Å². The molecule has 0 saturated carbocycles. The topological polar surface area (TPSA) is 0 Å². The molecule has 0 unspecified atom stereocenters. The Morgan fingerprint density at radius 3 is 0.905 bits per heavy atom. The first-order chi connectivity index (χ1) is 8.25. The van der Waals surface area contributed by atoms with E-state index in [-0.39, 0.29) is 51.0 Å². The van der Waals surface area contributed by atoms with E-state index >= 15 is 0 Å². The molecule has 2 aliphatic rings. The summed E-state index contributed by atoms with van der Waals surface area (Å²) in [6.07, 6.45) is 0. The summed E-state index contributed by atoms with van der Waals surface area (Å²) in [5.74, 6) is 0. The molecule has 2 rings (SSSR count). The molecule has 0 aromatic heterocycles. The molecular formula is C16H26As2Cl2Zr. The maximum absolute atomic E-state index is 2.26. The van der Waals surface area contributed by atoms with Gasteiger partial charge in [-0.3, -0.25) is 0 Å². The minimum Gasteiger partial charge on any atom is -0.147 e. The van der Waals surface area contributed by atoms with Crippen LogP contribution in [0.15, 0.2) is 22.3 Å². The quantitative estimate of drug-likeness (QED) is 0.322. The number of allylic oxidation sites excluding steroid dienone is 4. The van der Waals surface area contributed by atoms with E-state index in [0.717, 1.165) is 0 Å². The van der Waals surface area contributed by atoms with Gasteiger partial charge in [0.1, 0.15) is 0 Å². The van der Waals surface area contributed by atoms with Crippen LogP contribution in [0.4, 0.5) is 0 Å². The van der Waals surface area contributed by atoms with Gasteiger partial charge in [-0.1, -0.05) is 0 Å². The van der Waals surface area contributed by atoms with Crippen molar-refractivity contribution in [2.24, 2.45) is 0 Å². The number of halogens is 2. The number of hydrogen-bond acceptors (Lipinski definition) is 0. The SMILES string of the molecule is CC1=[As][C-](C)C(C)=C1C.CC1=[As][C-](C)C(C)=C1C.Cl.Cl.[Zr+2]. The maximum atomic E-state index is 2.26. The first-order valence-electron chi connectivity index (χ1n) is 6.39. The van der Waals surface area contributed by atoms with Gasteiger partial charge in [-0.15, -0.1) is 24.8 Å². The van der Waals surface area contributed by atoms with E-state index in [4.69, 9.17) is 0 Å². The van der Waals surface area contributed by atoms with Gasteiger partial charge >= 0.3 is 153 Å². The Labute approximate surface area is 175 Å². The van der Waals surface area contributed by atoms with Gasteiger partial charge in [-0.25, -0.2) is 0 Å². The molecule has 0 bridgehead atoms. The predicted molar refractivity (Wildman–Crippen MR) is 102 cm³/mol. The fourth-order valence-corrected chi connectivity index (χ4v) is 6.85. The fourth-order valence-electron chi connectivity index (χ4n) is 1.92. The van der Waals surface area contributed by atoms with Gasteiger partial charge in [0, 0.05) is 0 Å². The molecule has 0 fully saturated rings. The zero-order chi connectivity index (χ0) is 14.0. The van der Waals surface area contributed by atoms with Crippen LogP contribution in [0.5, 0.6) is 0 Å². The Kier molecular flexibility index (Phi) is 15.6. The largest absolute Gasteiger partial charge is 2.00 e. The molecule has 0 nitrogen and oxygen atoms in total. The van der Waals surface area contributed by atoms with E-state index in [2.05, 4.69) is 55.4 Å². The molecule has 0 radical (unpaired) electrons. The van der Waals surface area contributed by atoms with Crippen LogP contribution in [0.3, 0.4) is 0 Å². The van der Waals surface area contributed by atoms with Crippen molar-refractivity contribution < 1.29 is 26.2 Å². The van der Waals surface area contributed by atoms with E-state index in [1.54, 1.807) is 40.3 Å². The van der Waals surface area contributed by atoms with Crippen molar-refractivity contribution >= 4 is 64.0 Å². The molecule has 0 spiro atoms. The van der Waals surface area contributed by atoms with Crippen LogP contribution in [-0.4, -0.2) is 39.2 Å². The van der Waals surface area contributed by atoms with Gasteiger partial charge in [0.25, 0.3) is 0 Å². The molecule has 2 aliphatic heterocycles. The fraction of sp³-hybridized carbons (Fsp3) is 0.500. The summed E-state index contributed by atoms with van der Waals surface area (Å²) in [7, 11) is 0. The van der Waals surface area contributed by atoms with Crippen LogP contribution in [0, 0.1) is 9.41 Å². The Hall–Kier alpha value is 1.54. The Morgan fingerprint density at radius 1 is 0.619 bits per heavy atom. The van der Waals surface area contributed by atoms with E-state index in [9.17, 15) is 0 Å². The van der Waals surface area contributed by atoms with Crippen molar-refractivity contribution in [1.29, 1.82) is 0 Å². The van der Waals surface area contributed by atoms with Crippen molar-refractivity contribution in [2.45, 2.75) is 55.4 Å². The third kappa shape index (κ3) is 7.31. The van der Waals surface area contributed by atoms with Crippen molar-refractivity contribution in [3.8, 4) is 0 Å². The summed E-state index contributed by atoms with van der Waals surface area (Å²) in [4.78, 5) is 0. The van der Waals surface area contributed by atoms with Gasteiger partial charge in [0.15, 0.2) is 0 Å². The minimum absolute atomic E-state index is 0. The molecule has 21 heavy (non-hydrogen) atoms. The van der Waals surface area contributed by atoms with Crippen molar-refractivity contribution in [3.05, 3.63) is 31.7 Å². The summed E-state index contributed by atoms with van der Waals surface area (Å²) < 4.78 is 6.56. The molecule has 0 atom stereocenters. The summed E-state index contributed by atoms with van der Waals surface area (Å²) in [6, 6.07) is 0. The average Bonchev–Trinajstić information content (AvgIpc) is 2.66. The molecule has 0 aromatic rings. The summed E-state index contributed by atoms with van der Waals surface area (Å²) in [5, 5.41) is 0. The molecule has 2 heterocycles. The third-order valence-corrected chi connectivity index (χ3v) is 9.60. The predicted octanol–water partition coefficient (Wildman–Crippen LogP) is 4.41. The second-order valence-electron chi connectivity index (χ2n) is 5.07. The molecule has 0 saturated heterocycles. The molecule has 0 amide bonds. The number of rotatable bonds is 0. The smallest absolute Gasteiger partial charge is 0.147 e. The monoisotopic (exact) mass is 528 g/mol. The van der Waals surface area contributed by atoms with Gasteiger partial charge in [-0.2, -0.15) is 0 Å².